The molecule has 9 heteroatoms. The number of halogens is 3. The van der Waals surface area contributed by atoms with Crippen LogP contribution in [0.2, 0.25) is 0 Å². The fraction of sp³-hybridized carbons (Fsp3) is 0.435. The number of ether oxygens (including phenoxy) is 2. The summed E-state index contributed by atoms with van der Waals surface area (Å²) in [6.45, 7) is 4.42. The number of alkyl halides is 3. The van der Waals surface area contributed by atoms with Crippen LogP contribution in [0.25, 0.3) is 0 Å². The maximum absolute atomic E-state index is 13.2. The van der Waals surface area contributed by atoms with Gasteiger partial charge in [0.15, 0.2) is 0 Å². The van der Waals surface area contributed by atoms with Crippen LogP contribution in [0.5, 0.6) is 11.5 Å². The molecule has 0 saturated carbocycles. The molecule has 1 aliphatic heterocycles. The van der Waals surface area contributed by atoms with E-state index in [2.05, 4.69) is 0 Å². The van der Waals surface area contributed by atoms with Crippen LogP contribution in [0.3, 0.4) is 0 Å². The molecule has 6 nitrogen and oxygen atoms in total. The van der Waals surface area contributed by atoms with Gasteiger partial charge in [-0.2, -0.15) is 13.2 Å². The minimum absolute atomic E-state index is 0.103. The highest BCUT2D eigenvalue weighted by Crippen LogP contribution is 2.32. The summed E-state index contributed by atoms with van der Waals surface area (Å²) < 4.78 is 50.6. The van der Waals surface area contributed by atoms with E-state index in [9.17, 15) is 23.1 Å². The fourth-order valence-electron chi connectivity index (χ4n) is 3.56. The number of amides is 1. The first kappa shape index (κ1) is 23.9. The van der Waals surface area contributed by atoms with E-state index >= 15 is 0 Å². The number of carbonyl (C=O) groups excluding carboxylic acids is 1. The van der Waals surface area contributed by atoms with Gasteiger partial charge < -0.3 is 19.5 Å². The molecule has 0 spiro atoms. The Bertz CT molecular complexity index is 882. The van der Waals surface area contributed by atoms with Gasteiger partial charge in [-0.05, 0) is 43.3 Å². The lowest BCUT2D eigenvalue weighted by atomic mass is 10.1. The second-order valence-corrected chi connectivity index (χ2v) is 7.51. The van der Waals surface area contributed by atoms with Crippen molar-refractivity contribution in [3.05, 3.63) is 59.7 Å². The largest absolute Gasteiger partial charge is 0.494 e. The molecule has 0 aromatic heterocycles. The van der Waals surface area contributed by atoms with Crippen molar-refractivity contribution in [1.29, 1.82) is 0 Å². The van der Waals surface area contributed by atoms with Crippen LogP contribution in [-0.4, -0.2) is 72.9 Å². The van der Waals surface area contributed by atoms with Gasteiger partial charge in [-0.25, -0.2) is 0 Å². The first-order valence-electron chi connectivity index (χ1n) is 10.5. The molecular formula is C23H27F3N2O4. The van der Waals surface area contributed by atoms with E-state index in [4.69, 9.17) is 9.47 Å². The summed E-state index contributed by atoms with van der Waals surface area (Å²) in [5, 5.41) is 10.3. The maximum atomic E-state index is 13.2. The molecular weight excluding hydrogens is 425 g/mol. The fourth-order valence-corrected chi connectivity index (χ4v) is 3.56. The first-order chi connectivity index (χ1) is 15.3. The lowest BCUT2D eigenvalue weighted by Crippen LogP contribution is -2.51. The van der Waals surface area contributed by atoms with Gasteiger partial charge in [0, 0.05) is 32.7 Å². The molecule has 2 aromatic rings. The Morgan fingerprint density at radius 3 is 2.19 bits per heavy atom. The summed E-state index contributed by atoms with van der Waals surface area (Å²) in [5.41, 5.74) is -1.26. The van der Waals surface area contributed by atoms with E-state index in [-0.39, 0.29) is 25.3 Å². The van der Waals surface area contributed by atoms with Gasteiger partial charge in [-0.15, -0.1) is 0 Å². The van der Waals surface area contributed by atoms with Crippen LogP contribution in [-0.2, 0) is 6.18 Å². The number of piperazine rings is 1. The van der Waals surface area contributed by atoms with Crippen LogP contribution in [0, 0.1) is 0 Å². The number of benzene rings is 2. The predicted molar refractivity (Wildman–Crippen MR) is 113 cm³/mol. The van der Waals surface area contributed by atoms with Gasteiger partial charge in [0.2, 0.25) is 0 Å². The van der Waals surface area contributed by atoms with Crippen LogP contribution >= 0.6 is 0 Å². The molecule has 1 amide bonds. The molecule has 0 aliphatic carbocycles. The van der Waals surface area contributed by atoms with Gasteiger partial charge in [0.05, 0.1) is 17.7 Å². The Labute approximate surface area is 185 Å². The van der Waals surface area contributed by atoms with Gasteiger partial charge in [-0.1, -0.05) is 12.1 Å². The Hall–Kier alpha value is -2.78. The van der Waals surface area contributed by atoms with E-state index in [0.29, 0.717) is 32.0 Å². The summed E-state index contributed by atoms with van der Waals surface area (Å²) in [4.78, 5) is 16.0. The Morgan fingerprint density at radius 1 is 1.00 bits per heavy atom. The highest BCUT2D eigenvalue weighted by molar-refractivity contribution is 5.96. The molecule has 0 bridgehead atoms. The van der Waals surface area contributed by atoms with Crippen molar-refractivity contribution >= 4 is 5.91 Å². The Kier molecular flexibility index (Phi) is 7.98. The molecule has 32 heavy (non-hydrogen) atoms. The molecule has 1 fully saturated rings. The standard InChI is InChI=1S/C23H27F3N2O4/c1-2-31-18-7-9-19(10-8-18)32-16-17(29)15-27-11-13-28(14-12-27)22(30)20-5-3-4-6-21(20)23(24,25)26/h3-10,17,29H,2,11-16H2,1H3. The van der Waals surface area contributed by atoms with E-state index < -0.39 is 23.8 Å². The average molecular weight is 452 g/mol. The van der Waals surface area contributed by atoms with Crippen molar-refractivity contribution in [1.82, 2.24) is 9.80 Å². The third-order valence-corrected chi connectivity index (χ3v) is 5.17. The third kappa shape index (κ3) is 6.37. The second kappa shape index (κ2) is 10.7. The first-order valence-corrected chi connectivity index (χ1v) is 10.5. The van der Waals surface area contributed by atoms with E-state index in [1.54, 1.807) is 24.3 Å². The molecule has 0 radical (unpaired) electrons. The number of aliphatic hydroxyl groups excluding tert-OH is 1. The van der Waals surface area contributed by atoms with E-state index in [0.717, 1.165) is 11.8 Å². The monoisotopic (exact) mass is 452 g/mol. The van der Waals surface area contributed by atoms with Crippen molar-refractivity contribution in [2.45, 2.75) is 19.2 Å². The molecule has 174 valence electrons. The summed E-state index contributed by atoms with van der Waals surface area (Å²) >= 11 is 0. The van der Waals surface area contributed by atoms with Crippen molar-refractivity contribution in [2.24, 2.45) is 0 Å². The lowest BCUT2D eigenvalue weighted by Gasteiger charge is -2.36. The van der Waals surface area contributed by atoms with E-state index in [1.165, 1.54) is 23.1 Å². The summed E-state index contributed by atoms with van der Waals surface area (Å²) in [5.74, 6) is 0.730. The van der Waals surface area contributed by atoms with Crippen molar-refractivity contribution in [2.75, 3.05) is 45.9 Å². The van der Waals surface area contributed by atoms with Crippen LogP contribution in [0.4, 0.5) is 13.2 Å². The number of carbonyl (C=O) groups is 1. The van der Waals surface area contributed by atoms with Crippen LogP contribution in [0.1, 0.15) is 22.8 Å². The molecule has 3 rings (SSSR count). The zero-order valence-electron chi connectivity index (χ0n) is 17.8. The minimum Gasteiger partial charge on any atom is -0.494 e. The van der Waals surface area contributed by atoms with Crippen LogP contribution in [0.15, 0.2) is 48.5 Å². The zero-order chi connectivity index (χ0) is 23.1. The highest BCUT2D eigenvalue weighted by atomic mass is 19.4. The van der Waals surface area contributed by atoms with Crippen molar-refractivity contribution in [3.8, 4) is 11.5 Å². The van der Waals surface area contributed by atoms with Crippen LogP contribution < -0.4 is 9.47 Å². The van der Waals surface area contributed by atoms with Gasteiger partial charge in [0.1, 0.15) is 24.2 Å². The number of rotatable bonds is 8. The summed E-state index contributed by atoms with van der Waals surface area (Å²) in [6, 6.07) is 11.9. The predicted octanol–water partition coefficient (Wildman–Crippen LogP) is 3.30. The molecule has 1 heterocycles. The van der Waals surface area contributed by atoms with Gasteiger partial charge >= 0.3 is 6.18 Å². The number of β-amino-alcohol motifs (C(OH)–C–C–N with tert-alkyl or cyclic N) is 1. The normalized spacial score (nSPS) is 16.0. The molecule has 1 atom stereocenters. The smallest absolute Gasteiger partial charge is 0.417 e. The topological polar surface area (TPSA) is 62.2 Å². The highest BCUT2D eigenvalue weighted by Gasteiger charge is 2.36. The van der Waals surface area contributed by atoms with Gasteiger partial charge in [0.25, 0.3) is 5.91 Å². The average Bonchev–Trinajstić information content (AvgIpc) is 2.78. The summed E-state index contributed by atoms with van der Waals surface area (Å²) in [7, 11) is 0. The Morgan fingerprint density at radius 2 is 1.59 bits per heavy atom. The molecule has 1 saturated heterocycles. The number of hydrogen-bond donors (Lipinski definition) is 1. The number of hydrogen-bond acceptors (Lipinski definition) is 5. The molecule has 1 N–H and O–H groups in total. The number of nitrogens with zero attached hydrogens (tertiary/aromatic N) is 2. The number of aliphatic hydroxyl groups is 1. The summed E-state index contributed by atoms with van der Waals surface area (Å²) in [6.07, 6.45) is -5.32. The van der Waals surface area contributed by atoms with Gasteiger partial charge in [-0.3, -0.25) is 9.69 Å². The zero-order valence-corrected chi connectivity index (χ0v) is 17.8. The Balaban J connectivity index is 1.46. The van der Waals surface area contributed by atoms with E-state index in [1.807, 2.05) is 11.8 Å². The van der Waals surface area contributed by atoms with Crippen molar-refractivity contribution in [3.63, 3.8) is 0 Å². The molecule has 1 unspecified atom stereocenters. The maximum Gasteiger partial charge on any atom is 0.417 e. The third-order valence-electron chi connectivity index (χ3n) is 5.17. The second-order valence-electron chi connectivity index (χ2n) is 7.51. The molecule has 1 aliphatic rings. The SMILES string of the molecule is CCOc1ccc(OCC(O)CN2CCN(C(=O)c3ccccc3C(F)(F)F)CC2)cc1. The lowest BCUT2D eigenvalue weighted by molar-refractivity contribution is -0.138. The quantitative estimate of drug-likeness (QED) is 0.666. The van der Waals surface area contributed by atoms with Crippen molar-refractivity contribution < 1.29 is 32.5 Å². The molecule has 2 aromatic carbocycles. The minimum atomic E-state index is -4.58.